The molecular weight excluding hydrogens is 368 g/mol. The molecule has 2 aromatic rings. The summed E-state index contributed by atoms with van der Waals surface area (Å²) in [4.78, 5) is 17.4. The van der Waals surface area contributed by atoms with E-state index in [-0.39, 0.29) is 23.5 Å². The van der Waals surface area contributed by atoms with Crippen molar-refractivity contribution >= 4 is 38.9 Å². The quantitative estimate of drug-likeness (QED) is 0.764. The van der Waals surface area contributed by atoms with Crippen molar-refractivity contribution in [2.45, 2.75) is 26.3 Å². The van der Waals surface area contributed by atoms with Gasteiger partial charge in [0.1, 0.15) is 0 Å². The van der Waals surface area contributed by atoms with E-state index in [2.05, 4.69) is 25.8 Å². The molecule has 27 heavy (non-hydrogen) atoms. The Labute approximate surface area is 158 Å². The van der Waals surface area contributed by atoms with Crippen molar-refractivity contribution in [3.05, 3.63) is 30.5 Å². The van der Waals surface area contributed by atoms with Crippen LogP contribution in [0.4, 0.5) is 23.1 Å². The van der Waals surface area contributed by atoms with E-state index in [1.54, 1.807) is 12.1 Å². The molecule has 1 aromatic heterocycles. The second-order valence-corrected chi connectivity index (χ2v) is 8.60. The standard InChI is InChI=1S/C17H22N6O3S/c1-3-23(15-8-9-27(25,26)11-15)17-21-16(10-18-22-17)20-14-6-4-13(5-7-14)19-12(2)24/h4-7,10,15H,3,8-9,11H2,1-2H3,(H,19,24)(H,20,21,22). The van der Waals surface area contributed by atoms with Crippen LogP contribution in [-0.4, -0.2) is 53.6 Å². The Morgan fingerprint density at radius 1 is 1.26 bits per heavy atom. The van der Waals surface area contributed by atoms with E-state index in [0.717, 1.165) is 5.69 Å². The molecule has 10 heteroatoms. The first-order chi connectivity index (χ1) is 12.9. The number of aromatic nitrogens is 3. The summed E-state index contributed by atoms with van der Waals surface area (Å²) in [6.45, 7) is 3.99. The molecule has 1 saturated heterocycles. The van der Waals surface area contributed by atoms with Gasteiger partial charge in [-0.2, -0.15) is 10.1 Å². The van der Waals surface area contributed by atoms with Gasteiger partial charge in [-0.15, -0.1) is 5.10 Å². The highest BCUT2D eigenvalue weighted by molar-refractivity contribution is 7.91. The Kier molecular flexibility index (Phi) is 5.54. The highest BCUT2D eigenvalue weighted by Crippen LogP contribution is 2.23. The lowest BCUT2D eigenvalue weighted by molar-refractivity contribution is -0.114. The van der Waals surface area contributed by atoms with Crippen LogP contribution in [0.5, 0.6) is 0 Å². The van der Waals surface area contributed by atoms with E-state index < -0.39 is 9.84 Å². The zero-order chi connectivity index (χ0) is 19.4. The maximum absolute atomic E-state index is 11.8. The van der Waals surface area contributed by atoms with Crippen LogP contribution >= 0.6 is 0 Å². The first-order valence-corrected chi connectivity index (χ1v) is 10.5. The number of amides is 1. The molecule has 1 amide bonds. The van der Waals surface area contributed by atoms with Crippen molar-refractivity contribution in [1.29, 1.82) is 0 Å². The largest absolute Gasteiger partial charge is 0.339 e. The third-order valence-electron chi connectivity index (χ3n) is 4.27. The van der Waals surface area contributed by atoms with Gasteiger partial charge < -0.3 is 15.5 Å². The third-order valence-corrected chi connectivity index (χ3v) is 6.02. The molecule has 1 aliphatic rings. The van der Waals surface area contributed by atoms with Crippen molar-refractivity contribution in [3.63, 3.8) is 0 Å². The number of rotatable bonds is 6. The van der Waals surface area contributed by atoms with Gasteiger partial charge >= 0.3 is 0 Å². The molecule has 1 fully saturated rings. The van der Waals surface area contributed by atoms with Crippen molar-refractivity contribution < 1.29 is 13.2 Å². The van der Waals surface area contributed by atoms with Gasteiger partial charge in [0.05, 0.1) is 17.7 Å². The van der Waals surface area contributed by atoms with Crippen molar-refractivity contribution in [1.82, 2.24) is 15.2 Å². The van der Waals surface area contributed by atoms with E-state index in [0.29, 0.717) is 30.4 Å². The SMILES string of the molecule is CCN(c1nncc(Nc2ccc(NC(C)=O)cc2)n1)C1CCS(=O)(=O)C1. The predicted octanol–water partition coefficient (Wildman–Crippen LogP) is 1.59. The Bertz CT molecular complexity index is 917. The molecule has 3 rings (SSSR count). The first kappa shape index (κ1) is 19.0. The summed E-state index contributed by atoms with van der Waals surface area (Å²) in [6.07, 6.45) is 2.08. The van der Waals surface area contributed by atoms with E-state index in [9.17, 15) is 13.2 Å². The fourth-order valence-corrected chi connectivity index (χ4v) is 4.78. The minimum absolute atomic E-state index is 0.118. The number of hydrogen-bond acceptors (Lipinski definition) is 8. The molecule has 1 aromatic carbocycles. The summed E-state index contributed by atoms with van der Waals surface area (Å²) < 4.78 is 23.5. The fraction of sp³-hybridized carbons (Fsp3) is 0.412. The van der Waals surface area contributed by atoms with Gasteiger partial charge in [0.25, 0.3) is 0 Å². The molecule has 0 aliphatic carbocycles. The predicted molar refractivity (Wildman–Crippen MR) is 104 cm³/mol. The molecular formula is C17H22N6O3S. The zero-order valence-electron chi connectivity index (χ0n) is 15.2. The van der Waals surface area contributed by atoms with Crippen molar-refractivity contribution in [2.24, 2.45) is 0 Å². The summed E-state index contributed by atoms with van der Waals surface area (Å²) in [7, 11) is -2.99. The molecule has 0 saturated carbocycles. The van der Waals surface area contributed by atoms with E-state index in [1.165, 1.54) is 13.1 Å². The van der Waals surface area contributed by atoms with Gasteiger partial charge in [0.15, 0.2) is 15.7 Å². The number of carbonyl (C=O) groups is 1. The fourth-order valence-electron chi connectivity index (χ4n) is 3.05. The van der Waals surface area contributed by atoms with Gasteiger partial charge in [-0.1, -0.05) is 0 Å². The first-order valence-electron chi connectivity index (χ1n) is 8.68. The topological polar surface area (TPSA) is 117 Å². The normalized spacial score (nSPS) is 18.1. The molecule has 1 unspecified atom stereocenters. The van der Waals surface area contributed by atoms with Gasteiger partial charge in [-0.05, 0) is 37.6 Å². The summed E-state index contributed by atoms with van der Waals surface area (Å²) in [6, 6.07) is 7.05. The maximum Gasteiger partial charge on any atom is 0.247 e. The zero-order valence-corrected chi connectivity index (χ0v) is 16.0. The van der Waals surface area contributed by atoms with Crippen molar-refractivity contribution in [3.8, 4) is 0 Å². The van der Waals surface area contributed by atoms with Gasteiger partial charge in [-0.3, -0.25) is 4.79 Å². The second kappa shape index (κ2) is 7.87. The summed E-state index contributed by atoms with van der Waals surface area (Å²) in [5, 5.41) is 13.9. The maximum atomic E-state index is 11.8. The van der Waals surface area contributed by atoms with Crippen LogP contribution in [0.15, 0.2) is 30.5 Å². The number of benzene rings is 1. The molecule has 1 atom stereocenters. The second-order valence-electron chi connectivity index (χ2n) is 6.37. The number of anilines is 4. The number of carbonyl (C=O) groups excluding carboxylic acids is 1. The molecule has 1 aliphatic heterocycles. The molecule has 2 N–H and O–H groups in total. The Morgan fingerprint density at radius 2 is 1.96 bits per heavy atom. The van der Waals surface area contributed by atoms with Crippen LogP contribution in [0.3, 0.4) is 0 Å². The highest BCUT2D eigenvalue weighted by atomic mass is 32.2. The monoisotopic (exact) mass is 390 g/mol. The van der Waals surface area contributed by atoms with Crippen LogP contribution < -0.4 is 15.5 Å². The van der Waals surface area contributed by atoms with Crippen LogP contribution in [0, 0.1) is 0 Å². The number of nitrogens with zero attached hydrogens (tertiary/aromatic N) is 4. The molecule has 0 radical (unpaired) electrons. The summed E-state index contributed by atoms with van der Waals surface area (Å²) >= 11 is 0. The minimum atomic E-state index is -2.99. The van der Waals surface area contributed by atoms with E-state index >= 15 is 0 Å². The summed E-state index contributed by atoms with van der Waals surface area (Å²) in [5.74, 6) is 1.09. The molecule has 0 bridgehead atoms. The number of nitrogens with one attached hydrogen (secondary N) is 2. The van der Waals surface area contributed by atoms with Crippen LogP contribution in [-0.2, 0) is 14.6 Å². The average molecular weight is 390 g/mol. The Morgan fingerprint density at radius 3 is 2.56 bits per heavy atom. The van der Waals surface area contributed by atoms with E-state index in [1.807, 2.05) is 24.0 Å². The lowest BCUT2D eigenvalue weighted by Gasteiger charge is -2.26. The highest BCUT2D eigenvalue weighted by Gasteiger charge is 2.33. The van der Waals surface area contributed by atoms with E-state index in [4.69, 9.17) is 0 Å². The minimum Gasteiger partial charge on any atom is -0.339 e. The Balaban J connectivity index is 1.74. The third kappa shape index (κ3) is 4.91. The molecule has 0 spiro atoms. The number of sulfone groups is 1. The lowest BCUT2D eigenvalue weighted by Crippen LogP contribution is -2.37. The molecule has 144 valence electrons. The van der Waals surface area contributed by atoms with Crippen LogP contribution in [0.1, 0.15) is 20.3 Å². The smallest absolute Gasteiger partial charge is 0.247 e. The molecule has 9 nitrogen and oxygen atoms in total. The van der Waals surface area contributed by atoms with Crippen molar-refractivity contribution in [2.75, 3.05) is 33.6 Å². The van der Waals surface area contributed by atoms with Gasteiger partial charge in [-0.25, -0.2) is 8.42 Å². The average Bonchev–Trinajstić information content (AvgIpc) is 2.97. The van der Waals surface area contributed by atoms with Crippen LogP contribution in [0.2, 0.25) is 0 Å². The van der Waals surface area contributed by atoms with Gasteiger partial charge in [0.2, 0.25) is 11.9 Å². The summed E-state index contributed by atoms with van der Waals surface area (Å²) in [5.41, 5.74) is 1.48. The Hall–Kier alpha value is -2.75. The van der Waals surface area contributed by atoms with Gasteiger partial charge in [0, 0.05) is 30.9 Å². The van der Waals surface area contributed by atoms with Crippen LogP contribution in [0.25, 0.3) is 0 Å². The molecule has 2 heterocycles. The lowest BCUT2D eigenvalue weighted by atomic mass is 10.2. The number of hydrogen-bond donors (Lipinski definition) is 2.